The van der Waals surface area contributed by atoms with Gasteiger partial charge in [0.1, 0.15) is 0 Å². The van der Waals surface area contributed by atoms with E-state index in [4.69, 9.17) is 0 Å². The molecule has 1 fully saturated rings. The maximum absolute atomic E-state index is 9.72. The van der Waals surface area contributed by atoms with Crippen LogP contribution in [0, 0.1) is 6.92 Å². The van der Waals surface area contributed by atoms with E-state index in [2.05, 4.69) is 22.4 Å². The lowest BCUT2D eigenvalue weighted by atomic mass is 10.1. The summed E-state index contributed by atoms with van der Waals surface area (Å²) in [4.78, 5) is 0. The third-order valence-electron chi connectivity index (χ3n) is 3.28. The van der Waals surface area contributed by atoms with Crippen molar-refractivity contribution in [3.05, 3.63) is 17.5 Å². The van der Waals surface area contributed by atoms with Crippen molar-refractivity contribution in [1.82, 2.24) is 15.5 Å². The minimum absolute atomic E-state index is 0.181. The van der Waals surface area contributed by atoms with E-state index in [1.807, 2.05) is 13.1 Å². The third-order valence-corrected chi connectivity index (χ3v) is 3.28. The second-order valence-electron chi connectivity index (χ2n) is 4.44. The molecule has 84 valence electrons. The lowest BCUT2D eigenvalue weighted by Crippen LogP contribution is -2.37. The predicted molar refractivity (Wildman–Crippen MR) is 58.5 cm³/mol. The fourth-order valence-corrected chi connectivity index (χ4v) is 2.34. The highest BCUT2D eigenvalue weighted by atomic mass is 16.3. The van der Waals surface area contributed by atoms with Gasteiger partial charge in [-0.25, -0.2) is 0 Å². The number of aliphatic hydroxyl groups excluding tert-OH is 1. The first kappa shape index (κ1) is 10.6. The molecule has 1 heterocycles. The van der Waals surface area contributed by atoms with Crippen molar-refractivity contribution in [3.8, 4) is 0 Å². The van der Waals surface area contributed by atoms with Crippen LogP contribution in [0.25, 0.3) is 0 Å². The van der Waals surface area contributed by atoms with Crippen LogP contribution in [0.1, 0.15) is 43.5 Å². The molecule has 0 bridgehead atoms. The van der Waals surface area contributed by atoms with Gasteiger partial charge in [-0.1, -0.05) is 0 Å². The molecular weight excluding hydrogens is 190 g/mol. The number of hydrogen-bond acceptors (Lipinski definition) is 3. The Hall–Kier alpha value is -0.870. The number of aromatic amines is 1. The molecule has 0 amide bonds. The summed E-state index contributed by atoms with van der Waals surface area (Å²) < 4.78 is 0. The molecule has 3 N–H and O–H groups in total. The van der Waals surface area contributed by atoms with Crippen molar-refractivity contribution < 1.29 is 5.11 Å². The Kier molecular flexibility index (Phi) is 3.07. The minimum atomic E-state index is -0.181. The molecular formula is C11H19N3O. The molecule has 4 heteroatoms. The van der Waals surface area contributed by atoms with Crippen LogP contribution in [0.15, 0.2) is 6.20 Å². The van der Waals surface area contributed by atoms with Crippen molar-refractivity contribution >= 4 is 0 Å². The van der Waals surface area contributed by atoms with Crippen molar-refractivity contribution in [2.24, 2.45) is 0 Å². The fourth-order valence-electron chi connectivity index (χ4n) is 2.34. The van der Waals surface area contributed by atoms with Crippen LogP contribution in [0.2, 0.25) is 0 Å². The molecule has 0 spiro atoms. The van der Waals surface area contributed by atoms with E-state index < -0.39 is 0 Å². The SMILES string of the molecule is Cc1[nH]ncc1C(C)NC1CCCC1O. The Morgan fingerprint density at radius 2 is 2.40 bits per heavy atom. The number of hydrogen-bond donors (Lipinski definition) is 3. The van der Waals surface area contributed by atoms with Gasteiger partial charge in [-0.2, -0.15) is 5.10 Å². The molecule has 4 nitrogen and oxygen atoms in total. The maximum atomic E-state index is 9.72. The van der Waals surface area contributed by atoms with Gasteiger partial charge in [-0.3, -0.25) is 5.10 Å². The Morgan fingerprint density at radius 3 is 2.93 bits per heavy atom. The summed E-state index contributed by atoms with van der Waals surface area (Å²) in [5.41, 5.74) is 2.29. The standard InChI is InChI=1S/C11H19N3O/c1-7(9-6-12-14-8(9)2)13-10-4-3-5-11(10)15/h6-7,10-11,13,15H,3-5H2,1-2H3,(H,12,14). The summed E-state index contributed by atoms with van der Waals surface area (Å²) in [5, 5.41) is 20.1. The fraction of sp³-hybridized carbons (Fsp3) is 0.727. The number of rotatable bonds is 3. The van der Waals surface area contributed by atoms with E-state index in [9.17, 15) is 5.11 Å². The van der Waals surface area contributed by atoms with Gasteiger partial charge in [-0.05, 0) is 33.1 Å². The van der Waals surface area contributed by atoms with Gasteiger partial charge in [-0.15, -0.1) is 0 Å². The summed E-state index contributed by atoms with van der Waals surface area (Å²) in [7, 11) is 0. The van der Waals surface area contributed by atoms with Crippen molar-refractivity contribution in [2.45, 2.75) is 51.3 Å². The molecule has 0 radical (unpaired) electrons. The zero-order valence-electron chi connectivity index (χ0n) is 9.33. The molecule has 1 aromatic heterocycles. The highest BCUT2D eigenvalue weighted by molar-refractivity contribution is 5.18. The van der Waals surface area contributed by atoms with E-state index >= 15 is 0 Å². The molecule has 15 heavy (non-hydrogen) atoms. The van der Waals surface area contributed by atoms with Crippen LogP contribution in [0.4, 0.5) is 0 Å². The molecule has 2 rings (SSSR count). The number of aliphatic hydroxyl groups is 1. The molecule has 3 atom stereocenters. The second-order valence-corrected chi connectivity index (χ2v) is 4.44. The van der Waals surface area contributed by atoms with Gasteiger partial charge in [0.2, 0.25) is 0 Å². The Balaban J connectivity index is 1.97. The van der Waals surface area contributed by atoms with Crippen LogP contribution in [-0.4, -0.2) is 27.4 Å². The predicted octanol–water partition coefficient (Wildman–Crippen LogP) is 1.28. The third kappa shape index (κ3) is 2.21. The van der Waals surface area contributed by atoms with Crippen LogP contribution in [0.5, 0.6) is 0 Å². The number of H-pyrrole nitrogens is 1. The van der Waals surface area contributed by atoms with Crippen LogP contribution in [0.3, 0.4) is 0 Å². The first-order valence-electron chi connectivity index (χ1n) is 5.62. The molecule has 0 aromatic carbocycles. The largest absolute Gasteiger partial charge is 0.392 e. The normalized spacial score (nSPS) is 28.2. The van der Waals surface area contributed by atoms with Gasteiger partial charge in [0, 0.05) is 23.3 Å². The van der Waals surface area contributed by atoms with Crippen LogP contribution in [-0.2, 0) is 0 Å². The summed E-state index contributed by atoms with van der Waals surface area (Å²) in [6.07, 6.45) is 4.79. The minimum Gasteiger partial charge on any atom is -0.392 e. The number of aryl methyl sites for hydroxylation is 1. The highest BCUT2D eigenvalue weighted by Crippen LogP contribution is 2.23. The zero-order valence-corrected chi connectivity index (χ0v) is 9.33. The Morgan fingerprint density at radius 1 is 1.60 bits per heavy atom. The molecule has 0 aliphatic heterocycles. The average molecular weight is 209 g/mol. The zero-order chi connectivity index (χ0) is 10.8. The van der Waals surface area contributed by atoms with E-state index in [0.29, 0.717) is 0 Å². The van der Waals surface area contributed by atoms with Gasteiger partial charge in [0.05, 0.1) is 12.3 Å². The molecule has 1 aromatic rings. The number of aromatic nitrogens is 2. The van der Waals surface area contributed by atoms with E-state index in [-0.39, 0.29) is 18.2 Å². The average Bonchev–Trinajstić information content (AvgIpc) is 2.76. The first-order chi connectivity index (χ1) is 7.18. The van der Waals surface area contributed by atoms with Crippen molar-refractivity contribution in [2.75, 3.05) is 0 Å². The van der Waals surface area contributed by atoms with E-state index in [1.54, 1.807) is 0 Å². The van der Waals surface area contributed by atoms with Gasteiger partial charge in [0.15, 0.2) is 0 Å². The molecule has 3 unspecified atom stereocenters. The quantitative estimate of drug-likeness (QED) is 0.703. The van der Waals surface area contributed by atoms with Crippen LogP contribution >= 0.6 is 0 Å². The van der Waals surface area contributed by atoms with Crippen molar-refractivity contribution in [3.63, 3.8) is 0 Å². The first-order valence-corrected chi connectivity index (χ1v) is 5.62. The second kappa shape index (κ2) is 4.33. The van der Waals surface area contributed by atoms with Crippen LogP contribution < -0.4 is 5.32 Å². The Labute approximate surface area is 90.1 Å². The highest BCUT2D eigenvalue weighted by Gasteiger charge is 2.26. The summed E-state index contributed by atoms with van der Waals surface area (Å²) >= 11 is 0. The molecule has 1 saturated carbocycles. The molecule has 1 aliphatic carbocycles. The van der Waals surface area contributed by atoms with Gasteiger partial charge < -0.3 is 10.4 Å². The smallest absolute Gasteiger partial charge is 0.0693 e. The summed E-state index contributed by atoms with van der Waals surface area (Å²) in [6.45, 7) is 4.13. The Bertz CT molecular complexity index is 323. The number of nitrogens with one attached hydrogen (secondary N) is 2. The lowest BCUT2D eigenvalue weighted by molar-refractivity contribution is 0.144. The maximum Gasteiger partial charge on any atom is 0.0693 e. The van der Waals surface area contributed by atoms with Crippen molar-refractivity contribution in [1.29, 1.82) is 0 Å². The topological polar surface area (TPSA) is 60.9 Å². The van der Waals surface area contributed by atoms with E-state index in [0.717, 1.165) is 25.0 Å². The molecule has 1 aliphatic rings. The number of nitrogens with zero attached hydrogens (tertiary/aromatic N) is 1. The lowest BCUT2D eigenvalue weighted by Gasteiger charge is -2.21. The van der Waals surface area contributed by atoms with Gasteiger partial charge in [0.25, 0.3) is 0 Å². The van der Waals surface area contributed by atoms with Gasteiger partial charge >= 0.3 is 0 Å². The van der Waals surface area contributed by atoms with E-state index in [1.165, 1.54) is 5.56 Å². The summed E-state index contributed by atoms with van der Waals surface area (Å²) in [6, 6.07) is 0.496. The summed E-state index contributed by atoms with van der Waals surface area (Å²) in [5.74, 6) is 0. The monoisotopic (exact) mass is 209 g/mol. The molecule has 0 saturated heterocycles.